The van der Waals surface area contributed by atoms with Crippen LogP contribution in [0, 0.1) is 5.82 Å². The molecule has 0 saturated heterocycles. The van der Waals surface area contributed by atoms with Gasteiger partial charge in [0.1, 0.15) is 5.82 Å². The molecule has 0 amide bonds. The maximum atomic E-state index is 13.2. The van der Waals surface area contributed by atoms with Gasteiger partial charge in [0, 0.05) is 10.0 Å². The SMILES string of the molecule is NC1(Cc2cc(F)cc(Br)c2)CCCCC1. The highest BCUT2D eigenvalue weighted by atomic mass is 79.9. The van der Waals surface area contributed by atoms with Gasteiger partial charge in [0.15, 0.2) is 0 Å². The van der Waals surface area contributed by atoms with E-state index >= 15 is 0 Å². The van der Waals surface area contributed by atoms with Gasteiger partial charge in [-0.3, -0.25) is 0 Å². The van der Waals surface area contributed by atoms with Crippen LogP contribution in [0.5, 0.6) is 0 Å². The first-order valence-corrected chi connectivity index (χ1v) is 6.61. The molecule has 1 aromatic carbocycles. The molecule has 0 radical (unpaired) electrons. The molecule has 0 aromatic heterocycles. The van der Waals surface area contributed by atoms with Gasteiger partial charge in [-0.15, -0.1) is 0 Å². The van der Waals surface area contributed by atoms with Crippen molar-refractivity contribution < 1.29 is 4.39 Å². The average molecular weight is 286 g/mol. The van der Waals surface area contributed by atoms with Crippen molar-refractivity contribution in [1.82, 2.24) is 0 Å². The minimum Gasteiger partial charge on any atom is -0.325 e. The summed E-state index contributed by atoms with van der Waals surface area (Å²) in [5.74, 6) is -0.191. The molecule has 1 aliphatic rings. The molecule has 2 N–H and O–H groups in total. The summed E-state index contributed by atoms with van der Waals surface area (Å²) in [6, 6.07) is 5.04. The Morgan fingerprint density at radius 1 is 1.19 bits per heavy atom. The lowest BCUT2D eigenvalue weighted by Gasteiger charge is -2.33. The Balaban J connectivity index is 2.13. The fourth-order valence-electron chi connectivity index (χ4n) is 2.55. The Bertz CT molecular complexity index is 352. The lowest BCUT2D eigenvalue weighted by atomic mass is 9.78. The molecule has 1 nitrogen and oxygen atoms in total. The fraction of sp³-hybridized carbons (Fsp3) is 0.538. The van der Waals surface area contributed by atoms with Gasteiger partial charge in [-0.25, -0.2) is 4.39 Å². The molecule has 3 heteroatoms. The van der Waals surface area contributed by atoms with Crippen LogP contribution in [0.2, 0.25) is 0 Å². The highest BCUT2D eigenvalue weighted by Gasteiger charge is 2.27. The molecule has 0 atom stereocenters. The molecule has 0 aliphatic heterocycles. The molecule has 0 unspecified atom stereocenters. The summed E-state index contributed by atoms with van der Waals surface area (Å²) >= 11 is 3.31. The quantitative estimate of drug-likeness (QED) is 0.879. The van der Waals surface area contributed by atoms with Gasteiger partial charge in [-0.2, -0.15) is 0 Å². The largest absolute Gasteiger partial charge is 0.325 e. The maximum absolute atomic E-state index is 13.2. The van der Waals surface area contributed by atoms with Crippen LogP contribution < -0.4 is 5.73 Å². The Kier molecular flexibility index (Phi) is 3.65. The highest BCUT2D eigenvalue weighted by molar-refractivity contribution is 9.10. The van der Waals surface area contributed by atoms with Crippen LogP contribution in [0.15, 0.2) is 22.7 Å². The molecule has 16 heavy (non-hydrogen) atoms. The van der Waals surface area contributed by atoms with Crippen molar-refractivity contribution in [3.05, 3.63) is 34.1 Å². The van der Waals surface area contributed by atoms with Crippen LogP contribution >= 0.6 is 15.9 Å². The van der Waals surface area contributed by atoms with Crippen molar-refractivity contribution in [2.24, 2.45) is 5.73 Å². The van der Waals surface area contributed by atoms with E-state index in [4.69, 9.17) is 5.73 Å². The summed E-state index contributed by atoms with van der Waals surface area (Å²) in [5.41, 5.74) is 7.23. The zero-order valence-electron chi connectivity index (χ0n) is 9.31. The third-order valence-corrected chi connectivity index (χ3v) is 3.79. The molecule has 1 saturated carbocycles. The Morgan fingerprint density at radius 2 is 1.88 bits per heavy atom. The van der Waals surface area contributed by atoms with Crippen molar-refractivity contribution in [2.45, 2.75) is 44.1 Å². The fourth-order valence-corrected chi connectivity index (χ4v) is 3.06. The van der Waals surface area contributed by atoms with Crippen molar-refractivity contribution in [3.63, 3.8) is 0 Å². The van der Waals surface area contributed by atoms with Crippen molar-refractivity contribution in [3.8, 4) is 0 Å². The Hall–Kier alpha value is -0.410. The number of halogens is 2. The third kappa shape index (κ3) is 3.05. The van der Waals surface area contributed by atoms with Gasteiger partial charge in [0.05, 0.1) is 0 Å². The topological polar surface area (TPSA) is 26.0 Å². The molecule has 0 spiro atoms. The first-order chi connectivity index (χ1) is 7.57. The summed E-state index contributed by atoms with van der Waals surface area (Å²) < 4.78 is 14.0. The Labute approximate surface area is 104 Å². The summed E-state index contributed by atoms with van der Waals surface area (Å²) in [5, 5.41) is 0. The number of hydrogen-bond donors (Lipinski definition) is 1. The molecule has 2 rings (SSSR count). The zero-order chi connectivity index (χ0) is 11.6. The standard InChI is InChI=1S/C13H17BrFN/c14-11-6-10(7-12(15)8-11)9-13(16)4-2-1-3-5-13/h6-8H,1-5,9,16H2. The van der Waals surface area contributed by atoms with Crippen LogP contribution in [0.3, 0.4) is 0 Å². The van der Waals surface area contributed by atoms with E-state index in [1.165, 1.54) is 25.3 Å². The molecule has 1 aromatic rings. The summed E-state index contributed by atoms with van der Waals surface area (Å²) in [6.07, 6.45) is 6.58. The zero-order valence-corrected chi connectivity index (χ0v) is 10.9. The van der Waals surface area contributed by atoms with Crippen molar-refractivity contribution in [2.75, 3.05) is 0 Å². The number of hydrogen-bond acceptors (Lipinski definition) is 1. The first-order valence-electron chi connectivity index (χ1n) is 5.81. The van der Waals surface area contributed by atoms with Gasteiger partial charge in [-0.05, 0) is 43.0 Å². The van der Waals surface area contributed by atoms with Gasteiger partial charge in [0.2, 0.25) is 0 Å². The van der Waals surface area contributed by atoms with E-state index in [-0.39, 0.29) is 11.4 Å². The van der Waals surface area contributed by atoms with E-state index < -0.39 is 0 Å². The first kappa shape index (κ1) is 12.1. The normalized spacial score (nSPS) is 19.7. The van der Waals surface area contributed by atoms with Gasteiger partial charge in [-0.1, -0.05) is 35.2 Å². The average Bonchev–Trinajstić information content (AvgIpc) is 2.15. The van der Waals surface area contributed by atoms with Crippen molar-refractivity contribution >= 4 is 15.9 Å². The van der Waals surface area contributed by atoms with Gasteiger partial charge >= 0.3 is 0 Å². The smallest absolute Gasteiger partial charge is 0.124 e. The van der Waals surface area contributed by atoms with Crippen LogP contribution in [0.4, 0.5) is 4.39 Å². The molecule has 88 valence electrons. The number of rotatable bonds is 2. The van der Waals surface area contributed by atoms with E-state index in [1.54, 1.807) is 6.07 Å². The lowest BCUT2D eigenvalue weighted by molar-refractivity contribution is 0.294. The highest BCUT2D eigenvalue weighted by Crippen LogP contribution is 2.30. The van der Waals surface area contributed by atoms with Crippen LogP contribution in [-0.4, -0.2) is 5.54 Å². The van der Waals surface area contributed by atoms with Gasteiger partial charge in [0.25, 0.3) is 0 Å². The third-order valence-electron chi connectivity index (χ3n) is 3.33. The molecule has 1 aliphatic carbocycles. The molecule has 0 bridgehead atoms. The second kappa shape index (κ2) is 4.84. The van der Waals surface area contributed by atoms with E-state index in [0.717, 1.165) is 29.3 Å². The summed E-state index contributed by atoms with van der Waals surface area (Å²) in [4.78, 5) is 0. The lowest BCUT2D eigenvalue weighted by Crippen LogP contribution is -2.43. The van der Waals surface area contributed by atoms with Crippen LogP contribution in [0.25, 0.3) is 0 Å². The monoisotopic (exact) mass is 285 g/mol. The summed E-state index contributed by atoms with van der Waals surface area (Å²) in [6.45, 7) is 0. The number of benzene rings is 1. The predicted molar refractivity (Wildman–Crippen MR) is 67.8 cm³/mol. The van der Waals surface area contributed by atoms with Crippen molar-refractivity contribution in [1.29, 1.82) is 0 Å². The van der Waals surface area contributed by atoms with E-state index in [0.29, 0.717) is 0 Å². The second-order valence-electron chi connectivity index (χ2n) is 4.88. The second-order valence-corrected chi connectivity index (χ2v) is 5.79. The van der Waals surface area contributed by atoms with Gasteiger partial charge < -0.3 is 5.73 Å². The Morgan fingerprint density at radius 3 is 2.50 bits per heavy atom. The predicted octanol–water partition coefficient (Wildman–Crippen LogP) is 3.79. The maximum Gasteiger partial charge on any atom is 0.124 e. The minimum atomic E-state index is -0.191. The minimum absolute atomic E-state index is 0.120. The van der Waals surface area contributed by atoms with E-state index in [2.05, 4.69) is 15.9 Å². The molecule has 1 fully saturated rings. The van der Waals surface area contributed by atoms with Crippen LogP contribution in [-0.2, 0) is 6.42 Å². The van der Waals surface area contributed by atoms with E-state index in [9.17, 15) is 4.39 Å². The molecule has 0 heterocycles. The summed E-state index contributed by atoms with van der Waals surface area (Å²) in [7, 11) is 0. The molecular weight excluding hydrogens is 269 g/mol. The van der Waals surface area contributed by atoms with Crippen LogP contribution in [0.1, 0.15) is 37.7 Å². The number of nitrogens with two attached hydrogens (primary N) is 1. The molecular formula is C13H17BrFN. The van der Waals surface area contributed by atoms with E-state index in [1.807, 2.05) is 6.07 Å².